The summed E-state index contributed by atoms with van der Waals surface area (Å²) in [7, 11) is 0.108. The molecule has 2 rings (SSSR count). The normalized spacial score (nSPS) is 18.5. The molecule has 0 aliphatic carbocycles. The zero-order valence-corrected chi connectivity index (χ0v) is 9.01. The van der Waals surface area contributed by atoms with Gasteiger partial charge in [-0.25, -0.2) is 9.18 Å². The van der Waals surface area contributed by atoms with Gasteiger partial charge in [0.05, 0.1) is 0 Å². The lowest BCUT2D eigenvalue weighted by Gasteiger charge is -2.27. The lowest BCUT2D eigenvalue weighted by atomic mass is 9.74. The molecule has 0 saturated carbocycles. The Bertz CT molecular complexity index is 464. The summed E-state index contributed by atoms with van der Waals surface area (Å²) in [6.45, 7) is 0. The van der Waals surface area contributed by atoms with Crippen LogP contribution in [0.1, 0.15) is 15.9 Å². The minimum absolute atomic E-state index is 0.127. The van der Waals surface area contributed by atoms with Crippen molar-refractivity contribution >= 4 is 13.1 Å². The summed E-state index contributed by atoms with van der Waals surface area (Å²) in [6, 6.07) is 1.90. The molecule has 1 aliphatic heterocycles. The molecule has 0 spiro atoms. The number of carbonyl (C=O) groups is 1. The van der Waals surface area contributed by atoms with E-state index in [2.05, 4.69) is 0 Å². The number of methoxy groups -OCH3 is 1. The maximum absolute atomic E-state index is 13.4. The van der Waals surface area contributed by atoms with E-state index in [4.69, 9.17) is 14.5 Å². The first-order valence-electron chi connectivity index (χ1n) is 4.96. The molecule has 0 radical (unpaired) electrons. The van der Waals surface area contributed by atoms with Crippen molar-refractivity contribution in [3.05, 3.63) is 29.1 Å². The highest BCUT2D eigenvalue weighted by Gasteiger charge is 2.37. The molecule has 7 heteroatoms. The van der Waals surface area contributed by atoms with E-state index in [9.17, 15) is 14.2 Å². The largest absolute Gasteiger partial charge is 0.554 e. The van der Waals surface area contributed by atoms with Gasteiger partial charge in [0.2, 0.25) is 0 Å². The van der Waals surface area contributed by atoms with Crippen LogP contribution >= 0.6 is 0 Å². The summed E-state index contributed by atoms with van der Waals surface area (Å²) in [6.07, 6.45) is 0.271. The van der Waals surface area contributed by atoms with E-state index in [-0.39, 0.29) is 12.2 Å². The fourth-order valence-corrected chi connectivity index (χ4v) is 1.81. The van der Waals surface area contributed by atoms with Gasteiger partial charge in [0.15, 0.2) is 0 Å². The van der Waals surface area contributed by atoms with Crippen molar-refractivity contribution in [2.24, 2.45) is 0 Å². The summed E-state index contributed by atoms with van der Waals surface area (Å²) in [5.74, 6) is -2.44. The first kappa shape index (κ1) is 11.9. The molecule has 0 fully saturated rings. The number of carboxylic acid groups (broad SMARTS) is 1. The molecule has 0 bridgehead atoms. The van der Waals surface area contributed by atoms with Gasteiger partial charge in [-0.3, -0.25) is 0 Å². The number of benzene rings is 1. The minimum atomic E-state index is -1.43. The molecule has 90 valence electrons. The third-order valence-electron chi connectivity index (χ3n) is 2.68. The van der Waals surface area contributed by atoms with Crippen LogP contribution in [-0.2, 0) is 11.2 Å². The first-order chi connectivity index (χ1) is 8.04. The van der Waals surface area contributed by atoms with Crippen LogP contribution in [0.5, 0.6) is 5.75 Å². The Morgan fingerprint density at radius 1 is 1.65 bits per heavy atom. The topological polar surface area (TPSA) is 76.0 Å². The monoisotopic (exact) mass is 240 g/mol. The lowest BCUT2D eigenvalue weighted by Crippen LogP contribution is -2.44. The van der Waals surface area contributed by atoms with Crippen LogP contribution in [0, 0.1) is 5.82 Å². The average Bonchev–Trinajstić information content (AvgIpc) is 2.27. The third-order valence-corrected chi connectivity index (χ3v) is 2.68. The van der Waals surface area contributed by atoms with E-state index in [0.29, 0.717) is 5.56 Å². The number of hydrogen-bond donors (Lipinski definition) is 2. The fourth-order valence-electron chi connectivity index (χ4n) is 1.81. The van der Waals surface area contributed by atoms with Crippen molar-refractivity contribution in [3.63, 3.8) is 0 Å². The molecule has 0 aromatic heterocycles. The Morgan fingerprint density at radius 3 is 2.94 bits per heavy atom. The Hall–Kier alpha value is -1.60. The number of ether oxygens (including phenoxy) is 1. The Labute approximate surface area is 96.9 Å². The van der Waals surface area contributed by atoms with E-state index in [1.165, 1.54) is 13.2 Å². The Kier molecular flexibility index (Phi) is 3.04. The third kappa shape index (κ3) is 1.99. The zero-order valence-electron chi connectivity index (χ0n) is 9.01. The maximum Gasteiger partial charge on any atom is 0.554 e. The van der Waals surface area contributed by atoms with Gasteiger partial charge in [-0.1, -0.05) is 6.07 Å². The fraction of sp³-hybridized carbons (Fsp3) is 0.300. The Balaban J connectivity index is 2.50. The Morgan fingerprint density at radius 2 is 2.35 bits per heavy atom. The van der Waals surface area contributed by atoms with Crippen LogP contribution in [0.25, 0.3) is 0 Å². The summed E-state index contributed by atoms with van der Waals surface area (Å²) in [5.41, 5.74) is -0.0583. The SMILES string of the molecule is COC1Cc2ccc(F)c(C(=O)O)c2OB1O. The maximum atomic E-state index is 13.4. The van der Waals surface area contributed by atoms with Gasteiger partial charge in [-0.2, -0.15) is 0 Å². The van der Waals surface area contributed by atoms with Crippen LogP contribution in [0.4, 0.5) is 4.39 Å². The van der Waals surface area contributed by atoms with Gasteiger partial charge in [-0.05, 0) is 11.6 Å². The molecular formula is C10H10BFO5. The predicted octanol–water partition coefficient (Wildman–Crippen LogP) is 0.493. The summed E-state index contributed by atoms with van der Waals surface area (Å²) >= 11 is 0. The smallest absolute Gasteiger partial charge is 0.534 e. The van der Waals surface area contributed by atoms with Crippen LogP contribution < -0.4 is 4.65 Å². The number of rotatable bonds is 2. The quantitative estimate of drug-likeness (QED) is 0.736. The van der Waals surface area contributed by atoms with Crippen LogP contribution in [0.15, 0.2) is 12.1 Å². The molecule has 0 amide bonds. The lowest BCUT2D eigenvalue weighted by molar-refractivity contribution is 0.0686. The second-order valence-corrected chi connectivity index (χ2v) is 3.70. The van der Waals surface area contributed by atoms with E-state index in [1.54, 1.807) is 0 Å². The molecule has 5 nitrogen and oxygen atoms in total. The first-order valence-corrected chi connectivity index (χ1v) is 4.96. The van der Waals surface area contributed by atoms with Crippen molar-refractivity contribution in [1.29, 1.82) is 0 Å². The second-order valence-electron chi connectivity index (χ2n) is 3.70. The number of hydrogen-bond acceptors (Lipinski definition) is 4. The summed E-state index contributed by atoms with van der Waals surface area (Å²) in [5, 5.41) is 18.4. The van der Waals surface area contributed by atoms with Crippen molar-refractivity contribution < 1.29 is 28.7 Å². The second kappa shape index (κ2) is 4.35. The number of halogens is 1. The number of aromatic carboxylic acids is 1. The standard InChI is InChI=1S/C10H10BFO5/c1-16-7-4-5-2-3-6(12)8(10(13)14)9(5)17-11(7)15/h2-3,7,15H,4H2,1H3,(H,13,14). The van der Waals surface area contributed by atoms with Gasteiger partial charge in [0.25, 0.3) is 0 Å². The van der Waals surface area contributed by atoms with E-state index >= 15 is 0 Å². The molecule has 1 aromatic rings. The average molecular weight is 240 g/mol. The molecule has 1 aliphatic rings. The molecule has 1 atom stereocenters. The minimum Gasteiger partial charge on any atom is -0.534 e. The molecule has 1 heterocycles. The highest BCUT2D eigenvalue weighted by molar-refractivity contribution is 6.46. The van der Waals surface area contributed by atoms with Gasteiger partial charge < -0.3 is 19.5 Å². The highest BCUT2D eigenvalue weighted by Crippen LogP contribution is 2.32. The van der Waals surface area contributed by atoms with E-state index in [0.717, 1.165) is 6.07 Å². The molecule has 1 aromatic carbocycles. The van der Waals surface area contributed by atoms with Crippen molar-refractivity contribution in [1.82, 2.24) is 0 Å². The van der Waals surface area contributed by atoms with Gasteiger partial charge in [0, 0.05) is 13.5 Å². The summed E-state index contributed by atoms with van der Waals surface area (Å²) in [4.78, 5) is 10.9. The molecular weight excluding hydrogens is 230 g/mol. The van der Waals surface area contributed by atoms with E-state index in [1.807, 2.05) is 0 Å². The zero-order chi connectivity index (χ0) is 12.6. The van der Waals surface area contributed by atoms with Crippen molar-refractivity contribution in [3.8, 4) is 5.75 Å². The molecule has 0 saturated heterocycles. The van der Waals surface area contributed by atoms with Crippen molar-refractivity contribution in [2.75, 3.05) is 7.11 Å². The predicted molar refractivity (Wildman–Crippen MR) is 56.5 cm³/mol. The van der Waals surface area contributed by atoms with Crippen LogP contribution in [0.2, 0.25) is 0 Å². The van der Waals surface area contributed by atoms with Gasteiger partial charge >= 0.3 is 13.1 Å². The van der Waals surface area contributed by atoms with Crippen LogP contribution in [0.3, 0.4) is 0 Å². The van der Waals surface area contributed by atoms with Crippen LogP contribution in [-0.4, -0.2) is 36.3 Å². The number of fused-ring (bicyclic) bond motifs is 1. The molecule has 2 N–H and O–H groups in total. The highest BCUT2D eigenvalue weighted by atomic mass is 19.1. The molecule has 1 unspecified atom stereocenters. The number of carboxylic acids is 1. The summed E-state index contributed by atoms with van der Waals surface area (Å²) < 4.78 is 23.4. The van der Waals surface area contributed by atoms with Crippen molar-refractivity contribution in [2.45, 2.75) is 12.4 Å². The van der Waals surface area contributed by atoms with Gasteiger partial charge in [-0.15, -0.1) is 0 Å². The van der Waals surface area contributed by atoms with Gasteiger partial charge in [0.1, 0.15) is 23.1 Å². The van der Waals surface area contributed by atoms with E-state index < -0.39 is 30.5 Å². The molecule has 17 heavy (non-hydrogen) atoms.